The molecule has 0 aromatic heterocycles. The molecule has 0 radical (unpaired) electrons. The summed E-state index contributed by atoms with van der Waals surface area (Å²) in [5.74, 6) is 0.410. The van der Waals surface area contributed by atoms with E-state index in [1.165, 1.54) is 18.7 Å². The van der Waals surface area contributed by atoms with Gasteiger partial charge in [0.15, 0.2) is 0 Å². The van der Waals surface area contributed by atoms with E-state index in [9.17, 15) is 9.59 Å². The number of thioether (sulfide) groups is 1. The molecule has 0 aliphatic carbocycles. The van der Waals surface area contributed by atoms with Crippen molar-refractivity contribution in [2.75, 3.05) is 24.7 Å². The number of carboxylic acid groups (broad SMARTS) is 1. The number of hydrogen-bond donors (Lipinski definition) is 2. The molecule has 18 heavy (non-hydrogen) atoms. The lowest BCUT2D eigenvalue weighted by atomic mass is 10.1. The molecule has 0 rings (SSSR count). The maximum Gasteiger partial charge on any atom is 0.327 e. The smallest absolute Gasteiger partial charge is 0.327 e. The third-order valence-electron chi connectivity index (χ3n) is 2.17. The highest BCUT2D eigenvalue weighted by Gasteiger charge is 2.17. The van der Waals surface area contributed by atoms with Crippen LogP contribution in [0.1, 0.15) is 27.2 Å². The molecule has 0 spiro atoms. The number of carbonyl (C=O) groups excluding carboxylic acids is 1. The molecule has 1 atom stereocenters. The van der Waals surface area contributed by atoms with Crippen molar-refractivity contribution in [2.45, 2.75) is 33.2 Å². The first-order chi connectivity index (χ1) is 8.43. The zero-order chi connectivity index (χ0) is 14.0. The van der Waals surface area contributed by atoms with Gasteiger partial charge in [0.25, 0.3) is 0 Å². The number of aliphatic carboxylic acids is 1. The lowest BCUT2D eigenvalue weighted by Gasteiger charge is -2.12. The molecule has 0 saturated heterocycles. The SMILES string of the molecule is CC(=O)NC(CSCCOCCC(C)C)C(=O)O. The summed E-state index contributed by atoms with van der Waals surface area (Å²) in [6.07, 6.45) is 1.04. The fourth-order valence-corrected chi connectivity index (χ4v) is 2.02. The fraction of sp³-hybridized carbons (Fsp3) is 0.833. The Kier molecular flexibility index (Phi) is 9.77. The van der Waals surface area contributed by atoms with E-state index in [-0.39, 0.29) is 5.91 Å². The van der Waals surface area contributed by atoms with Gasteiger partial charge in [0, 0.05) is 25.0 Å². The summed E-state index contributed by atoms with van der Waals surface area (Å²) in [5, 5.41) is 11.3. The van der Waals surface area contributed by atoms with E-state index < -0.39 is 12.0 Å². The summed E-state index contributed by atoms with van der Waals surface area (Å²) in [6, 6.07) is -0.817. The topological polar surface area (TPSA) is 75.6 Å². The molecule has 6 heteroatoms. The Balaban J connectivity index is 3.55. The van der Waals surface area contributed by atoms with Gasteiger partial charge >= 0.3 is 5.97 Å². The van der Waals surface area contributed by atoms with Crippen LogP contribution in [0.3, 0.4) is 0 Å². The lowest BCUT2D eigenvalue weighted by molar-refractivity contribution is -0.140. The van der Waals surface area contributed by atoms with Crippen LogP contribution in [0.2, 0.25) is 0 Å². The second-order valence-corrected chi connectivity index (χ2v) is 5.61. The van der Waals surface area contributed by atoms with E-state index in [4.69, 9.17) is 9.84 Å². The minimum Gasteiger partial charge on any atom is -0.480 e. The third-order valence-corrected chi connectivity index (χ3v) is 3.20. The van der Waals surface area contributed by atoms with E-state index in [1.54, 1.807) is 0 Å². The molecule has 0 aliphatic rings. The molecule has 0 aliphatic heterocycles. The van der Waals surface area contributed by atoms with Crippen molar-refractivity contribution in [1.82, 2.24) is 5.32 Å². The largest absolute Gasteiger partial charge is 0.480 e. The van der Waals surface area contributed by atoms with Gasteiger partial charge in [-0.1, -0.05) is 13.8 Å². The van der Waals surface area contributed by atoms with Gasteiger partial charge in [0.2, 0.25) is 5.91 Å². The number of amides is 1. The van der Waals surface area contributed by atoms with Gasteiger partial charge in [0.05, 0.1) is 6.61 Å². The van der Waals surface area contributed by atoms with Crippen molar-refractivity contribution in [2.24, 2.45) is 5.92 Å². The molecule has 1 amide bonds. The van der Waals surface area contributed by atoms with Gasteiger partial charge in [-0.05, 0) is 12.3 Å². The lowest BCUT2D eigenvalue weighted by Crippen LogP contribution is -2.41. The maximum atomic E-state index is 10.8. The van der Waals surface area contributed by atoms with Crippen molar-refractivity contribution in [3.05, 3.63) is 0 Å². The van der Waals surface area contributed by atoms with Crippen molar-refractivity contribution < 1.29 is 19.4 Å². The van der Waals surface area contributed by atoms with Gasteiger partial charge in [-0.2, -0.15) is 11.8 Å². The number of carbonyl (C=O) groups is 2. The predicted molar refractivity (Wildman–Crippen MR) is 72.8 cm³/mol. The Labute approximate surface area is 113 Å². The first kappa shape index (κ1) is 17.2. The standard InChI is InChI=1S/C12H23NO4S/c1-9(2)4-5-17-6-7-18-8-11(12(15)16)13-10(3)14/h9,11H,4-8H2,1-3H3,(H,13,14)(H,15,16). The summed E-state index contributed by atoms with van der Waals surface area (Å²) in [5.41, 5.74) is 0. The van der Waals surface area contributed by atoms with Gasteiger partial charge in [-0.15, -0.1) is 0 Å². The molecular formula is C12H23NO4S. The molecule has 106 valence electrons. The molecule has 0 bridgehead atoms. The molecule has 0 fully saturated rings. The minimum absolute atomic E-state index is 0.323. The van der Waals surface area contributed by atoms with E-state index in [0.29, 0.717) is 18.3 Å². The van der Waals surface area contributed by atoms with E-state index in [2.05, 4.69) is 19.2 Å². The molecule has 0 aromatic rings. The van der Waals surface area contributed by atoms with Crippen molar-refractivity contribution >= 4 is 23.6 Å². The Hall–Kier alpha value is -0.750. The molecule has 2 N–H and O–H groups in total. The van der Waals surface area contributed by atoms with Crippen LogP contribution in [-0.4, -0.2) is 47.7 Å². The average molecular weight is 277 g/mol. The Bertz CT molecular complexity index is 258. The normalized spacial score (nSPS) is 12.4. The van der Waals surface area contributed by atoms with Crippen LogP contribution >= 0.6 is 11.8 Å². The second kappa shape index (κ2) is 10.2. The van der Waals surface area contributed by atoms with Gasteiger partial charge in [-0.3, -0.25) is 4.79 Å². The maximum absolute atomic E-state index is 10.8. The van der Waals surface area contributed by atoms with E-state index >= 15 is 0 Å². The zero-order valence-electron chi connectivity index (χ0n) is 11.3. The van der Waals surface area contributed by atoms with Crippen LogP contribution in [-0.2, 0) is 14.3 Å². The van der Waals surface area contributed by atoms with Crippen LogP contribution in [0.4, 0.5) is 0 Å². The highest BCUT2D eigenvalue weighted by molar-refractivity contribution is 7.99. The Morgan fingerprint density at radius 3 is 2.50 bits per heavy atom. The molecule has 0 aromatic carbocycles. The number of nitrogens with one attached hydrogen (secondary N) is 1. The monoisotopic (exact) mass is 277 g/mol. The summed E-state index contributed by atoms with van der Waals surface area (Å²) in [7, 11) is 0. The molecule has 0 saturated carbocycles. The van der Waals surface area contributed by atoms with Crippen molar-refractivity contribution in [3.63, 3.8) is 0 Å². The molecular weight excluding hydrogens is 254 g/mol. The first-order valence-corrected chi connectivity index (χ1v) is 7.24. The number of rotatable bonds is 10. The molecule has 5 nitrogen and oxygen atoms in total. The average Bonchev–Trinajstić information content (AvgIpc) is 2.25. The van der Waals surface area contributed by atoms with Crippen molar-refractivity contribution in [3.8, 4) is 0 Å². The minimum atomic E-state index is -1.00. The van der Waals surface area contributed by atoms with Crippen LogP contribution in [0.25, 0.3) is 0 Å². The highest BCUT2D eigenvalue weighted by atomic mass is 32.2. The number of hydrogen-bond acceptors (Lipinski definition) is 4. The zero-order valence-corrected chi connectivity index (χ0v) is 12.1. The molecule has 0 heterocycles. The first-order valence-electron chi connectivity index (χ1n) is 6.09. The van der Waals surface area contributed by atoms with Crippen LogP contribution in [0.15, 0.2) is 0 Å². The summed E-state index contributed by atoms with van der Waals surface area (Å²) < 4.78 is 5.41. The Morgan fingerprint density at radius 2 is 2.00 bits per heavy atom. The Morgan fingerprint density at radius 1 is 1.33 bits per heavy atom. The quantitative estimate of drug-likeness (QED) is 0.590. The van der Waals surface area contributed by atoms with Crippen LogP contribution in [0.5, 0.6) is 0 Å². The van der Waals surface area contributed by atoms with Gasteiger partial charge in [0.1, 0.15) is 6.04 Å². The van der Waals surface area contributed by atoms with Crippen LogP contribution in [0, 0.1) is 5.92 Å². The van der Waals surface area contributed by atoms with E-state index in [1.807, 2.05) is 0 Å². The molecule has 1 unspecified atom stereocenters. The second-order valence-electron chi connectivity index (χ2n) is 4.46. The highest BCUT2D eigenvalue weighted by Crippen LogP contribution is 2.04. The van der Waals surface area contributed by atoms with E-state index in [0.717, 1.165) is 18.8 Å². The number of ether oxygens (including phenoxy) is 1. The fourth-order valence-electron chi connectivity index (χ4n) is 1.16. The van der Waals surface area contributed by atoms with Crippen LogP contribution < -0.4 is 5.32 Å². The third kappa shape index (κ3) is 10.4. The van der Waals surface area contributed by atoms with Gasteiger partial charge < -0.3 is 15.2 Å². The van der Waals surface area contributed by atoms with Crippen molar-refractivity contribution in [1.29, 1.82) is 0 Å². The van der Waals surface area contributed by atoms with Gasteiger partial charge in [-0.25, -0.2) is 4.79 Å². The summed E-state index contributed by atoms with van der Waals surface area (Å²) in [6.45, 7) is 6.96. The summed E-state index contributed by atoms with van der Waals surface area (Å²) in [4.78, 5) is 21.6. The summed E-state index contributed by atoms with van der Waals surface area (Å²) >= 11 is 1.47. The number of carboxylic acids is 1. The predicted octanol–water partition coefficient (Wildman–Crippen LogP) is 1.37.